The van der Waals surface area contributed by atoms with Gasteiger partial charge in [-0.3, -0.25) is 4.79 Å². The van der Waals surface area contributed by atoms with Crippen molar-refractivity contribution in [1.29, 1.82) is 0 Å². The number of hydrogen-bond acceptors (Lipinski definition) is 3. The minimum absolute atomic E-state index is 0.0431. The van der Waals surface area contributed by atoms with Crippen LogP contribution in [-0.4, -0.2) is 26.4 Å². The zero-order chi connectivity index (χ0) is 13.1. The summed E-state index contributed by atoms with van der Waals surface area (Å²) in [5.41, 5.74) is 1.99. The van der Waals surface area contributed by atoms with Crippen LogP contribution in [0, 0.1) is 5.92 Å². The molecule has 1 heterocycles. The number of rotatable bonds is 5. The van der Waals surface area contributed by atoms with Crippen molar-refractivity contribution in [3.8, 4) is 0 Å². The largest absolute Gasteiger partial charge is 0.481 e. The first kappa shape index (κ1) is 13.0. The molecule has 0 aliphatic heterocycles. The Labute approximate surface area is 110 Å². The average Bonchev–Trinajstić information content (AvgIpc) is 2.64. The summed E-state index contributed by atoms with van der Waals surface area (Å²) in [5.74, 6) is -0.281. The van der Waals surface area contributed by atoms with Crippen molar-refractivity contribution in [3.63, 3.8) is 0 Å². The van der Waals surface area contributed by atoms with Gasteiger partial charge in [0.1, 0.15) is 0 Å². The summed E-state index contributed by atoms with van der Waals surface area (Å²) >= 11 is 1.28. The summed E-state index contributed by atoms with van der Waals surface area (Å²) in [5, 5.41) is 9.55. The lowest BCUT2D eigenvalue weighted by molar-refractivity contribution is -0.133. The number of thioether (sulfide) groups is 1. The maximum Gasteiger partial charge on any atom is 0.313 e. The Morgan fingerprint density at radius 2 is 2.17 bits per heavy atom. The van der Waals surface area contributed by atoms with Crippen LogP contribution in [-0.2, 0) is 11.3 Å². The molecule has 2 rings (SSSR count). The zero-order valence-corrected chi connectivity index (χ0v) is 11.3. The SMILES string of the molecule is CC(C)Cn1c(SCC(=O)O)nc2ccccc21. The number of imidazole rings is 1. The van der Waals surface area contributed by atoms with Crippen LogP contribution in [0.3, 0.4) is 0 Å². The van der Waals surface area contributed by atoms with Crippen LogP contribution in [0.25, 0.3) is 11.0 Å². The Bertz CT molecular complexity index is 563. The van der Waals surface area contributed by atoms with Crippen molar-refractivity contribution in [1.82, 2.24) is 9.55 Å². The second kappa shape index (κ2) is 5.44. The number of nitrogens with zero attached hydrogens (tertiary/aromatic N) is 2. The Morgan fingerprint density at radius 3 is 2.83 bits per heavy atom. The van der Waals surface area contributed by atoms with Gasteiger partial charge in [0.05, 0.1) is 16.8 Å². The fraction of sp³-hybridized carbons (Fsp3) is 0.385. The van der Waals surface area contributed by atoms with Gasteiger partial charge in [-0.1, -0.05) is 37.7 Å². The maximum absolute atomic E-state index is 10.7. The average molecular weight is 264 g/mol. The van der Waals surface area contributed by atoms with E-state index in [9.17, 15) is 4.79 Å². The molecule has 0 saturated carbocycles. The number of carbonyl (C=O) groups is 1. The number of aromatic nitrogens is 2. The molecule has 0 saturated heterocycles. The minimum Gasteiger partial charge on any atom is -0.481 e. The summed E-state index contributed by atoms with van der Waals surface area (Å²) in [6.45, 7) is 5.13. The van der Waals surface area contributed by atoms with E-state index in [0.717, 1.165) is 22.7 Å². The van der Waals surface area contributed by atoms with E-state index < -0.39 is 5.97 Å². The molecule has 4 nitrogen and oxygen atoms in total. The molecule has 2 aromatic rings. The Hall–Kier alpha value is -1.49. The van der Waals surface area contributed by atoms with Crippen LogP contribution < -0.4 is 0 Å². The summed E-state index contributed by atoms with van der Waals surface area (Å²) in [6, 6.07) is 7.90. The number of fused-ring (bicyclic) bond motifs is 1. The van der Waals surface area contributed by atoms with Gasteiger partial charge in [0.15, 0.2) is 5.16 Å². The van der Waals surface area contributed by atoms with E-state index in [-0.39, 0.29) is 5.75 Å². The van der Waals surface area contributed by atoms with Crippen molar-refractivity contribution >= 4 is 28.8 Å². The van der Waals surface area contributed by atoms with Crippen LogP contribution in [0.1, 0.15) is 13.8 Å². The predicted octanol–water partition coefficient (Wildman–Crippen LogP) is 2.87. The molecule has 0 bridgehead atoms. The van der Waals surface area contributed by atoms with Gasteiger partial charge in [0, 0.05) is 6.54 Å². The molecule has 1 aromatic heterocycles. The quantitative estimate of drug-likeness (QED) is 0.844. The fourth-order valence-electron chi connectivity index (χ4n) is 1.83. The Balaban J connectivity index is 2.39. The van der Waals surface area contributed by atoms with Crippen molar-refractivity contribution in [3.05, 3.63) is 24.3 Å². The predicted molar refractivity (Wildman–Crippen MR) is 72.9 cm³/mol. The highest BCUT2D eigenvalue weighted by Crippen LogP contribution is 2.24. The maximum atomic E-state index is 10.7. The molecule has 0 radical (unpaired) electrons. The van der Waals surface area contributed by atoms with Gasteiger partial charge >= 0.3 is 5.97 Å². The van der Waals surface area contributed by atoms with Crippen molar-refractivity contribution < 1.29 is 9.90 Å². The summed E-state index contributed by atoms with van der Waals surface area (Å²) < 4.78 is 2.10. The summed E-state index contributed by atoms with van der Waals surface area (Å²) in [6.07, 6.45) is 0. The third-order valence-electron chi connectivity index (χ3n) is 2.49. The molecular weight excluding hydrogens is 248 g/mol. The summed E-state index contributed by atoms with van der Waals surface area (Å²) in [4.78, 5) is 15.2. The lowest BCUT2D eigenvalue weighted by atomic mass is 10.2. The smallest absolute Gasteiger partial charge is 0.313 e. The molecule has 0 aliphatic carbocycles. The van der Waals surface area contributed by atoms with Gasteiger partial charge in [0.2, 0.25) is 0 Å². The third kappa shape index (κ3) is 2.85. The molecule has 0 spiro atoms. The first-order chi connectivity index (χ1) is 8.58. The Kier molecular flexibility index (Phi) is 3.91. The van der Waals surface area contributed by atoms with E-state index in [1.165, 1.54) is 11.8 Å². The molecule has 5 heteroatoms. The van der Waals surface area contributed by atoms with Crippen molar-refractivity contribution in [2.75, 3.05) is 5.75 Å². The standard InChI is InChI=1S/C13H16N2O2S/c1-9(2)7-15-11-6-4-3-5-10(11)14-13(15)18-8-12(16)17/h3-6,9H,7-8H2,1-2H3,(H,16,17). The number of aliphatic carboxylic acids is 1. The highest BCUT2D eigenvalue weighted by Gasteiger charge is 2.13. The van der Waals surface area contributed by atoms with E-state index >= 15 is 0 Å². The number of hydrogen-bond donors (Lipinski definition) is 1. The van der Waals surface area contributed by atoms with Crippen molar-refractivity contribution in [2.45, 2.75) is 25.5 Å². The van der Waals surface area contributed by atoms with Crippen molar-refractivity contribution in [2.24, 2.45) is 5.92 Å². The number of benzene rings is 1. The third-order valence-corrected chi connectivity index (χ3v) is 3.45. The summed E-state index contributed by atoms with van der Waals surface area (Å²) in [7, 11) is 0. The molecule has 1 N–H and O–H groups in total. The second-order valence-corrected chi connectivity index (χ2v) is 5.51. The first-order valence-electron chi connectivity index (χ1n) is 5.88. The van der Waals surface area contributed by atoms with Gasteiger partial charge < -0.3 is 9.67 Å². The van der Waals surface area contributed by atoms with Crippen LogP contribution in [0.5, 0.6) is 0 Å². The topological polar surface area (TPSA) is 55.1 Å². The monoisotopic (exact) mass is 264 g/mol. The van der Waals surface area contributed by atoms with Crippen LogP contribution >= 0.6 is 11.8 Å². The molecule has 0 atom stereocenters. The molecule has 1 aromatic carbocycles. The number of carboxylic acid groups (broad SMARTS) is 1. The second-order valence-electron chi connectivity index (χ2n) is 4.57. The van der Waals surface area contributed by atoms with E-state index in [1.54, 1.807) is 0 Å². The zero-order valence-electron chi connectivity index (χ0n) is 10.5. The molecule has 0 unspecified atom stereocenters. The molecule has 0 fully saturated rings. The molecular formula is C13H16N2O2S. The lowest BCUT2D eigenvalue weighted by Crippen LogP contribution is -2.07. The number of para-hydroxylation sites is 2. The molecule has 0 aliphatic rings. The molecule has 96 valence electrons. The van der Waals surface area contributed by atoms with Gasteiger partial charge in [0.25, 0.3) is 0 Å². The van der Waals surface area contributed by atoms with E-state index in [0.29, 0.717) is 5.92 Å². The normalized spacial score (nSPS) is 11.3. The van der Waals surface area contributed by atoms with Gasteiger partial charge in [-0.15, -0.1) is 0 Å². The number of carboxylic acids is 1. The minimum atomic E-state index is -0.817. The van der Waals surface area contributed by atoms with Crippen LogP contribution in [0.2, 0.25) is 0 Å². The van der Waals surface area contributed by atoms with Crippen LogP contribution in [0.4, 0.5) is 0 Å². The Morgan fingerprint density at radius 1 is 1.44 bits per heavy atom. The highest BCUT2D eigenvalue weighted by atomic mass is 32.2. The van der Waals surface area contributed by atoms with E-state index in [4.69, 9.17) is 5.11 Å². The highest BCUT2D eigenvalue weighted by molar-refractivity contribution is 7.99. The van der Waals surface area contributed by atoms with E-state index in [2.05, 4.69) is 23.4 Å². The van der Waals surface area contributed by atoms with Crippen LogP contribution in [0.15, 0.2) is 29.4 Å². The molecule has 0 amide bonds. The fourth-order valence-corrected chi connectivity index (χ4v) is 2.58. The van der Waals surface area contributed by atoms with E-state index in [1.807, 2.05) is 24.3 Å². The lowest BCUT2D eigenvalue weighted by Gasteiger charge is -2.10. The molecule has 18 heavy (non-hydrogen) atoms. The van der Waals surface area contributed by atoms with Gasteiger partial charge in [-0.2, -0.15) is 0 Å². The first-order valence-corrected chi connectivity index (χ1v) is 6.86. The van der Waals surface area contributed by atoms with Gasteiger partial charge in [-0.05, 0) is 18.1 Å². The van der Waals surface area contributed by atoms with Gasteiger partial charge in [-0.25, -0.2) is 4.98 Å².